The number of anilines is 1. The van der Waals surface area contributed by atoms with Crippen LogP contribution in [0.2, 0.25) is 0 Å². The number of fused-ring (bicyclic) bond motifs is 1. The molecule has 0 saturated carbocycles. The highest BCUT2D eigenvalue weighted by molar-refractivity contribution is 5.96. The molecule has 182 valence electrons. The van der Waals surface area contributed by atoms with Crippen LogP contribution >= 0.6 is 0 Å². The minimum atomic E-state index is -4.94. The van der Waals surface area contributed by atoms with Gasteiger partial charge in [0, 0.05) is 43.9 Å². The molecule has 2 amide bonds. The number of likely N-dealkylation sites (tertiary alicyclic amines) is 1. The van der Waals surface area contributed by atoms with Crippen LogP contribution in [-0.2, 0) is 22.6 Å². The maximum atomic E-state index is 13.4. The molecule has 2 aromatic rings. The van der Waals surface area contributed by atoms with Crippen LogP contribution < -0.4 is 15.0 Å². The number of alkyl halides is 3. The van der Waals surface area contributed by atoms with Crippen LogP contribution in [0.25, 0.3) is 0 Å². The molecular weight excluding hydrogens is 447 g/mol. The quantitative estimate of drug-likeness (QED) is 0.711. The highest BCUT2D eigenvalue weighted by atomic mass is 19.4. The van der Waals surface area contributed by atoms with Crippen LogP contribution in [0.1, 0.15) is 42.0 Å². The number of piperidine rings is 1. The molecule has 0 spiro atoms. The maximum absolute atomic E-state index is 13.4. The van der Waals surface area contributed by atoms with Crippen molar-refractivity contribution in [1.82, 2.24) is 10.2 Å². The maximum Gasteiger partial charge on any atom is 0.471 e. The van der Waals surface area contributed by atoms with E-state index in [1.165, 1.54) is 0 Å². The number of amides is 2. The van der Waals surface area contributed by atoms with Gasteiger partial charge in [0.25, 0.3) is 0 Å². The number of benzene rings is 2. The number of aryl methyl sites for hydroxylation is 1. The van der Waals surface area contributed by atoms with Crippen LogP contribution in [0, 0.1) is 0 Å². The van der Waals surface area contributed by atoms with E-state index < -0.39 is 18.1 Å². The first-order valence-corrected chi connectivity index (χ1v) is 11.3. The molecule has 2 heterocycles. The summed E-state index contributed by atoms with van der Waals surface area (Å²) in [5.74, 6) is -1.13. The van der Waals surface area contributed by atoms with Gasteiger partial charge in [-0.15, -0.1) is 0 Å². The van der Waals surface area contributed by atoms with E-state index in [0.29, 0.717) is 43.5 Å². The summed E-state index contributed by atoms with van der Waals surface area (Å²) in [4.78, 5) is 27.0. The molecule has 2 aromatic carbocycles. The van der Waals surface area contributed by atoms with Crippen molar-refractivity contribution in [1.29, 1.82) is 0 Å². The number of nitrogens with zero attached hydrogens (tertiary/aromatic N) is 2. The van der Waals surface area contributed by atoms with E-state index in [4.69, 9.17) is 4.74 Å². The SMILES string of the molecule is COc1cc2c(cc1CN[C@H]1CCCN(C(=O)C(F)(F)F)[C@H]1c1ccccc1)N(C)C(=O)CC2. The predicted molar refractivity (Wildman–Crippen MR) is 122 cm³/mol. The summed E-state index contributed by atoms with van der Waals surface area (Å²) in [5.41, 5.74) is 3.28. The number of rotatable bonds is 5. The van der Waals surface area contributed by atoms with E-state index in [1.54, 1.807) is 49.4 Å². The van der Waals surface area contributed by atoms with Crippen molar-refractivity contribution >= 4 is 17.5 Å². The van der Waals surface area contributed by atoms with Crippen molar-refractivity contribution in [2.45, 2.75) is 50.5 Å². The molecule has 1 fully saturated rings. The van der Waals surface area contributed by atoms with Gasteiger partial charge in [0.05, 0.1) is 13.2 Å². The number of hydrogen-bond acceptors (Lipinski definition) is 4. The molecule has 2 aliphatic heterocycles. The lowest BCUT2D eigenvalue weighted by molar-refractivity contribution is -0.190. The summed E-state index contributed by atoms with van der Waals surface area (Å²) in [6, 6.07) is 11.5. The molecule has 0 aromatic heterocycles. The van der Waals surface area contributed by atoms with E-state index in [1.807, 2.05) is 12.1 Å². The highest BCUT2D eigenvalue weighted by Gasteiger charge is 2.47. The second-order valence-electron chi connectivity index (χ2n) is 8.73. The average Bonchev–Trinajstić information content (AvgIpc) is 2.84. The molecule has 6 nitrogen and oxygen atoms in total. The van der Waals surface area contributed by atoms with Gasteiger partial charge in [-0.2, -0.15) is 13.2 Å². The van der Waals surface area contributed by atoms with Crippen molar-refractivity contribution in [3.05, 3.63) is 59.2 Å². The summed E-state index contributed by atoms with van der Waals surface area (Å²) in [6.07, 6.45) is -2.79. The topological polar surface area (TPSA) is 61.9 Å². The van der Waals surface area contributed by atoms with Crippen LogP contribution in [0.4, 0.5) is 18.9 Å². The number of methoxy groups -OCH3 is 1. The van der Waals surface area contributed by atoms with E-state index in [-0.39, 0.29) is 18.5 Å². The first kappa shape index (κ1) is 24.1. The minimum Gasteiger partial charge on any atom is -0.496 e. The van der Waals surface area contributed by atoms with Crippen molar-refractivity contribution in [3.63, 3.8) is 0 Å². The number of halogens is 3. The van der Waals surface area contributed by atoms with Gasteiger partial charge in [-0.3, -0.25) is 9.59 Å². The number of carbonyl (C=O) groups is 2. The van der Waals surface area contributed by atoms with E-state index in [9.17, 15) is 22.8 Å². The summed E-state index contributed by atoms with van der Waals surface area (Å²) >= 11 is 0. The van der Waals surface area contributed by atoms with E-state index in [2.05, 4.69) is 5.32 Å². The van der Waals surface area contributed by atoms with E-state index in [0.717, 1.165) is 21.7 Å². The predicted octanol–water partition coefficient (Wildman–Crippen LogP) is 3.99. The Morgan fingerprint density at radius 2 is 1.91 bits per heavy atom. The van der Waals surface area contributed by atoms with Crippen LogP contribution in [0.5, 0.6) is 5.75 Å². The summed E-state index contributed by atoms with van der Waals surface area (Å²) in [5, 5.41) is 3.39. The van der Waals surface area contributed by atoms with Gasteiger partial charge in [-0.25, -0.2) is 0 Å². The van der Waals surface area contributed by atoms with Crippen molar-refractivity contribution in [3.8, 4) is 5.75 Å². The number of hydrogen-bond donors (Lipinski definition) is 1. The Morgan fingerprint density at radius 1 is 1.18 bits per heavy atom. The summed E-state index contributed by atoms with van der Waals surface area (Å²) in [7, 11) is 3.30. The zero-order chi connectivity index (χ0) is 24.5. The Kier molecular flexibility index (Phi) is 6.84. The second kappa shape index (κ2) is 9.66. The van der Waals surface area contributed by atoms with Gasteiger partial charge in [0.2, 0.25) is 5.91 Å². The number of ether oxygens (including phenoxy) is 1. The van der Waals surface area contributed by atoms with E-state index >= 15 is 0 Å². The molecule has 1 saturated heterocycles. The van der Waals surface area contributed by atoms with Crippen molar-refractivity contribution in [2.75, 3.05) is 25.6 Å². The third-order valence-corrected chi connectivity index (χ3v) is 6.66. The van der Waals surface area contributed by atoms with Gasteiger partial charge < -0.3 is 19.9 Å². The van der Waals surface area contributed by atoms with Crippen LogP contribution in [0.15, 0.2) is 42.5 Å². The van der Waals surface area contributed by atoms with Crippen LogP contribution in [-0.4, -0.2) is 49.6 Å². The molecule has 0 radical (unpaired) electrons. The smallest absolute Gasteiger partial charge is 0.471 e. The molecule has 34 heavy (non-hydrogen) atoms. The standard InChI is InChI=1S/C25H28F3N3O3/c1-30-20-13-18(21(34-2)14-17(20)10-11-22(30)32)15-29-19-9-6-12-31(24(33)25(26,27)28)23(19)16-7-4-3-5-8-16/h3-5,7-8,13-14,19,23,29H,6,9-12,15H2,1-2H3/t19-,23-/m0/s1. The zero-order valence-corrected chi connectivity index (χ0v) is 19.2. The molecule has 2 atom stereocenters. The van der Waals surface area contributed by atoms with Gasteiger partial charge >= 0.3 is 12.1 Å². The molecule has 9 heteroatoms. The Bertz CT molecular complexity index is 1060. The Hall–Kier alpha value is -3.07. The Morgan fingerprint density at radius 3 is 2.59 bits per heavy atom. The lowest BCUT2D eigenvalue weighted by Crippen LogP contribution is -2.53. The molecule has 4 rings (SSSR count). The largest absolute Gasteiger partial charge is 0.496 e. The fourth-order valence-corrected chi connectivity index (χ4v) is 4.94. The van der Waals surface area contributed by atoms with Crippen LogP contribution in [0.3, 0.4) is 0 Å². The van der Waals surface area contributed by atoms with Gasteiger partial charge in [-0.1, -0.05) is 30.3 Å². The van der Waals surface area contributed by atoms with Gasteiger partial charge in [0.15, 0.2) is 0 Å². The first-order chi connectivity index (χ1) is 16.2. The summed E-state index contributed by atoms with van der Waals surface area (Å²) < 4.78 is 45.7. The lowest BCUT2D eigenvalue weighted by Gasteiger charge is -2.42. The minimum absolute atomic E-state index is 0.0364. The Balaban J connectivity index is 1.62. The van der Waals surface area contributed by atoms with Gasteiger partial charge in [-0.05, 0) is 42.5 Å². The molecule has 0 unspecified atom stereocenters. The molecular formula is C25H28F3N3O3. The fourth-order valence-electron chi connectivity index (χ4n) is 4.94. The molecule has 2 aliphatic rings. The normalized spacial score (nSPS) is 20.8. The lowest BCUT2D eigenvalue weighted by atomic mass is 9.89. The van der Waals surface area contributed by atoms with Crippen molar-refractivity contribution < 1.29 is 27.5 Å². The zero-order valence-electron chi connectivity index (χ0n) is 19.2. The highest BCUT2D eigenvalue weighted by Crippen LogP contribution is 2.36. The fraction of sp³-hybridized carbons (Fsp3) is 0.440. The summed E-state index contributed by atoms with van der Waals surface area (Å²) in [6.45, 7) is 0.367. The molecule has 0 bridgehead atoms. The number of carbonyl (C=O) groups excluding carboxylic acids is 2. The first-order valence-electron chi connectivity index (χ1n) is 11.3. The van der Waals surface area contributed by atoms with Gasteiger partial charge in [0.1, 0.15) is 5.75 Å². The number of nitrogens with one attached hydrogen (secondary N) is 1. The monoisotopic (exact) mass is 475 g/mol. The Labute approximate surface area is 196 Å². The average molecular weight is 476 g/mol. The third kappa shape index (κ3) is 4.75. The van der Waals surface area contributed by atoms with Crippen molar-refractivity contribution in [2.24, 2.45) is 0 Å². The second-order valence-corrected chi connectivity index (χ2v) is 8.73. The third-order valence-electron chi connectivity index (χ3n) is 6.66. The molecule has 1 N–H and O–H groups in total. The molecule has 0 aliphatic carbocycles.